The third kappa shape index (κ3) is 5.28. The Bertz CT molecular complexity index is 563. The van der Waals surface area contributed by atoms with Crippen LogP contribution in [0.2, 0.25) is 10.0 Å². The van der Waals surface area contributed by atoms with Gasteiger partial charge in [-0.2, -0.15) is 0 Å². The highest BCUT2D eigenvalue weighted by Gasteiger charge is 2.17. The predicted octanol–water partition coefficient (Wildman–Crippen LogP) is 3.20. The first-order valence-corrected chi connectivity index (χ1v) is 8.96. The molecule has 4 nitrogen and oxygen atoms in total. The molecule has 0 spiro atoms. The van der Waals surface area contributed by atoms with Crippen LogP contribution in [0.1, 0.15) is 0 Å². The highest BCUT2D eigenvalue weighted by Crippen LogP contribution is 2.25. The number of nitrogens with zero attached hydrogens (tertiary/aromatic N) is 2. The first kappa shape index (κ1) is 17.8. The van der Waals surface area contributed by atoms with E-state index in [4.69, 9.17) is 35.4 Å². The molecule has 1 aliphatic rings. The number of amides is 1. The van der Waals surface area contributed by atoms with Gasteiger partial charge in [-0.05, 0) is 25.2 Å². The zero-order valence-electron chi connectivity index (χ0n) is 12.1. The number of benzene rings is 1. The molecule has 2 rings (SSSR count). The average molecular weight is 378 g/mol. The average Bonchev–Trinajstić information content (AvgIpc) is 2.48. The minimum absolute atomic E-state index is 0.134. The Morgan fingerprint density at radius 1 is 1.32 bits per heavy atom. The molecular formula is C14H17Cl2N3OS2. The molecule has 0 aliphatic carbocycles. The van der Waals surface area contributed by atoms with Gasteiger partial charge in [0.2, 0.25) is 5.91 Å². The van der Waals surface area contributed by atoms with Crippen molar-refractivity contribution in [3.05, 3.63) is 28.2 Å². The molecule has 120 valence electrons. The number of likely N-dealkylation sites (N-methyl/N-ethyl adjacent to an activating group) is 1. The Labute approximate surface area is 150 Å². The van der Waals surface area contributed by atoms with Crippen LogP contribution >= 0.6 is 47.2 Å². The van der Waals surface area contributed by atoms with Gasteiger partial charge in [0.15, 0.2) is 0 Å². The predicted molar refractivity (Wildman–Crippen MR) is 99.2 cm³/mol. The molecule has 1 fully saturated rings. The largest absolute Gasteiger partial charge is 0.355 e. The van der Waals surface area contributed by atoms with E-state index in [0.717, 1.165) is 30.5 Å². The molecule has 0 aromatic heterocycles. The molecule has 0 saturated carbocycles. The van der Waals surface area contributed by atoms with E-state index < -0.39 is 0 Å². The van der Waals surface area contributed by atoms with E-state index in [2.05, 4.69) is 22.2 Å². The van der Waals surface area contributed by atoms with E-state index in [0.29, 0.717) is 15.7 Å². The number of hydrogen-bond acceptors (Lipinski definition) is 4. The number of carbonyl (C=O) groups is 1. The highest BCUT2D eigenvalue weighted by molar-refractivity contribution is 8.23. The molecule has 1 heterocycles. The van der Waals surface area contributed by atoms with E-state index in [1.807, 2.05) is 0 Å². The molecule has 0 bridgehead atoms. The molecule has 1 aromatic rings. The summed E-state index contributed by atoms with van der Waals surface area (Å²) in [5.41, 5.74) is 0.558. The number of carbonyl (C=O) groups excluding carboxylic acids is 1. The fourth-order valence-electron chi connectivity index (χ4n) is 1.98. The van der Waals surface area contributed by atoms with Crippen LogP contribution in [0.15, 0.2) is 18.2 Å². The van der Waals surface area contributed by atoms with Crippen LogP contribution in [0.25, 0.3) is 0 Å². The summed E-state index contributed by atoms with van der Waals surface area (Å²) in [6.45, 7) is 3.81. The van der Waals surface area contributed by atoms with Gasteiger partial charge in [0.25, 0.3) is 0 Å². The Balaban J connectivity index is 1.79. The molecule has 1 N–H and O–H groups in total. The van der Waals surface area contributed by atoms with Crippen molar-refractivity contribution >= 4 is 63.1 Å². The van der Waals surface area contributed by atoms with Gasteiger partial charge in [-0.25, -0.2) is 0 Å². The quantitative estimate of drug-likeness (QED) is 0.818. The molecule has 0 unspecified atom stereocenters. The highest BCUT2D eigenvalue weighted by atomic mass is 35.5. The number of hydrogen-bond donors (Lipinski definition) is 1. The molecule has 8 heteroatoms. The fourth-order valence-corrected chi connectivity index (χ4v) is 3.49. The number of thioether (sulfide) groups is 1. The van der Waals surface area contributed by atoms with Crippen LogP contribution in [0.4, 0.5) is 5.69 Å². The topological polar surface area (TPSA) is 35.6 Å². The van der Waals surface area contributed by atoms with Crippen molar-refractivity contribution in [1.82, 2.24) is 9.80 Å². The normalized spacial score (nSPS) is 15.7. The maximum absolute atomic E-state index is 12.0. The third-order valence-corrected chi connectivity index (χ3v) is 5.36. The van der Waals surface area contributed by atoms with Crippen LogP contribution in [-0.4, -0.2) is 59.0 Å². The second-order valence-electron chi connectivity index (χ2n) is 5.02. The molecule has 1 aliphatic heterocycles. The Hall–Kier alpha value is -0.530. The second-order valence-corrected chi connectivity index (χ2v) is 7.47. The monoisotopic (exact) mass is 377 g/mol. The van der Waals surface area contributed by atoms with E-state index in [1.54, 1.807) is 18.2 Å². The number of halogens is 2. The van der Waals surface area contributed by atoms with Crippen LogP contribution in [-0.2, 0) is 4.79 Å². The van der Waals surface area contributed by atoms with E-state index in [9.17, 15) is 4.79 Å². The van der Waals surface area contributed by atoms with E-state index in [-0.39, 0.29) is 11.7 Å². The van der Waals surface area contributed by atoms with E-state index >= 15 is 0 Å². The summed E-state index contributed by atoms with van der Waals surface area (Å²) in [5, 5.41) is 3.73. The minimum atomic E-state index is -0.134. The van der Waals surface area contributed by atoms with Crippen molar-refractivity contribution in [2.75, 3.05) is 44.3 Å². The molecular weight excluding hydrogens is 361 g/mol. The van der Waals surface area contributed by atoms with Crippen LogP contribution in [0.3, 0.4) is 0 Å². The van der Waals surface area contributed by atoms with Crippen molar-refractivity contribution in [3.63, 3.8) is 0 Å². The summed E-state index contributed by atoms with van der Waals surface area (Å²) in [7, 11) is 2.09. The summed E-state index contributed by atoms with van der Waals surface area (Å²) < 4.78 is 0.769. The Kier molecular flexibility index (Phi) is 6.77. The number of nitrogens with one attached hydrogen (secondary N) is 1. The van der Waals surface area contributed by atoms with Crippen molar-refractivity contribution in [1.29, 1.82) is 0 Å². The summed E-state index contributed by atoms with van der Waals surface area (Å²) in [6.07, 6.45) is 0. The molecule has 1 aromatic carbocycles. The lowest BCUT2D eigenvalue weighted by Gasteiger charge is -2.33. The first-order chi connectivity index (χ1) is 10.5. The number of thiocarbonyl (C=S) groups is 1. The molecule has 0 atom stereocenters. The summed E-state index contributed by atoms with van der Waals surface area (Å²) in [5.74, 6) is 0.134. The van der Waals surface area contributed by atoms with Gasteiger partial charge in [-0.15, -0.1) is 0 Å². The van der Waals surface area contributed by atoms with Gasteiger partial charge in [-0.3, -0.25) is 4.79 Å². The van der Waals surface area contributed by atoms with Crippen molar-refractivity contribution in [3.8, 4) is 0 Å². The lowest BCUT2D eigenvalue weighted by Crippen LogP contribution is -2.46. The van der Waals surface area contributed by atoms with E-state index in [1.165, 1.54) is 11.8 Å². The second kappa shape index (κ2) is 8.36. The molecule has 1 saturated heterocycles. The summed E-state index contributed by atoms with van der Waals surface area (Å²) >= 11 is 18.6. The zero-order valence-corrected chi connectivity index (χ0v) is 15.3. The van der Waals surface area contributed by atoms with Crippen molar-refractivity contribution in [2.24, 2.45) is 0 Å². The summed E-state index contributed by atoms with van der Waals surface area (Å²) in [4.78, 5) is 16.4. The van der Waals surface area contributed by atoms with Gasteiger partial charge >= 0.3 is 0 Å². The van der Waals surface area contributed by atoms with Gasteiger partial charge in [-0.1, -0.05) is 47.2 Å². The van der Waals surface area contributed by atoms with Gasteiger partial charge in [0.05, 0.1) is 16.5 Å². The number of piperazine rings is 1. The smallest absolute Gasteiger partial charge is 0.234 e. The standard InChI is InChI=1S/C14H17Cl2N3OS2/c1-18-4-6-19(7-5-18)14(21)22-9-13(20)17-12-3-2-10(15)8-11(12)16/h2-3,8H,4-7,9H2,1H3,(H,17,20). The lowest BCUT2D eigenvalue weighted by atomic mass is 10.3. The Morgan fingerprint density at radius 3 is 2.64 bits per heavy atom. The van der Waals surface area contributed by atoms with Crippen molar-refractivity contribution in [2.45, 2.75) is 0 Å². The van der Waals surface area contributed by atoms with Gasteiger partial charge in [0, 0.05) is 31.2 Å². The minimum Gasteiger partial charge on any atom is -0.355 e. The first-order valence-electron chi connectivity index (χ1n) is 6.81. The fraction of sp³-hybridized carbons (Fsp3) is 0.429. The van der Waals surface area contributed by atoms with Crippen LogP contribution in [0, 0.1) is 0 Å². The zero-order chi connectivity index (χ0) is 16.1. The third-order valence-electron chi connectivity index (χ3n) is 3.29. The lowest BCUT2D eigenvalue weighted by molar-refractivity contribution is -0.113. The van der Waals surface area contributed by atoms with Gasteiger partial charge < -0.3 is 15.1 Å². The number of anilines is 1. The van der Waals surface area contributed by atoms with Gasteiger partial charge in [0.1, 0.15) is 4.32 Å². The maximum Gasteiger partial charge on any atom is 0.234 e. The molecule has 22 heavy (non-hydrogen) atoms. The maximum atomic E-state index is 12.0. The Morgan fingerprint density at radius 2 is 2.00 bits per heavy atom. The molecule has 1 amide bonds. The summed E-state index contributed by atoms with van der Waals surface area (Å²) in [6, 6.07) is 4.97. The van der Waals surface area contributed by atoms with Crippen molar-refractivity contribution < 1.29 is 4.79 Å². The SMILES string of the molecule is CN1CCN(C(=S)SCC(=O)Nc2ccc(Cl)cc2Cl)CC1. The number of rotatable bonds is 3. The molecule has 0 radical (unpaired) electrons. The van der Waals surface area contributed by atoms with Crippen LogP contribution in [0.5, 0.6) is 0 Å². The van der Waals surface area contributed by atoms with Crippen LogP contribution < -0.4 is 5.32 Å².